The summed E-state index contributed by atoms with van der Waals surface area (Å²) in [7, 11) is 0. The van der Waals surface area contributed by atoms with E-state index in [2.05, 4.69) is 0 Å². The van der Waals surface area contributed by atoms with Gasteiger partial charge in [0.05, 0.1) is 0 Å². The molecule has 1 aliphatic heterocycles. The summed E-state index contributed by atoms with van der Waals surface area (Å²) < 4.78 is 0. The Kier molecular flexibility index (Phi) is 2.77. The molecule has 0 spiro atoms. The molecule has 0 unspecified atom stereocenters. The summed E-state index contributed by atoms with van der Waals surface area (Å²) in [6, 6.07) is 5.83. The zero-order valence-electron chi connectivity index (χ0n) is 9.62. The van der Waals surface area contributed by atoms with Crippen molar-refractivity contribution in [2.45, 2.75) is 26.7 Å². The highest BCUT2D eigenvalue weighted by Gasteiger charge is 2.28. The molecule has 0 aliphatic carbocycles. The summed E-state index contributed by atoms with van der Waals surface area (Å²) in [6.45, 7) is 4.64. The van der Waals surface area contributed by atoms with Crippen LogP contribution in [0.25, 0.3) is 0 Å². The van der Waals surface area contributed by atoms with Crippen LogP contribution in [0.5, 0.6) is 0 Å². The van der Waals surface area contributed by atoms with E-state index in [0.29, 0.717) is 13.0 Å². The van der Waals surface area contributed by atoms with Gasteiger partial charge >= 0.3 is 0 Å². The number of nitrogens with zero attached hydrogens (tertiary/aromatic N) is 1. The lowest BCUT2D eigenvalue weighted by molar-refractivity contribution is -0.137. The summed E-state index contributed by atoms with van der Waals surface area (Å²) in [6.07, 6.45) is 1.15. The molecule has 0 aromatic heterocycles. The van der Waals surface area contributed by atoms with E-state index < -0.39 is 0 Å². The molecule has 1 aromatic rings. The fourth-order valence-electron chi connectivity index (χ4n) is 2.01. The van der Waals surface area contributed by atoms with Gasteiger partial charge in [-0.25, -0.2) is 0 Å². The highest BCUT2D eigenvalue weighted by Crippen LogP contribution is 2.25. The molecule has 3 nitrogen and oxygen atoms in total. The Labute approximate surface area is 95.1 Å². The Morgan fingerprint density at radius 3 is 2.69 bits per heavy atom. The highest BCUT2D eigenvalue weighted by molar-refractivity contribution is 6.42. The molecule has 1 aliphatic rings. The van der Waals surface area contributed by atoms with Crippen LogP contribution in [-0.4, -0.2) is 18.2 Å². The number of ketones is 1. The maximum absolute atomic E-state index is 11.8. The van der Waals surface area contributed by atoms with Crippen LogP contribution in [-0.2, 0) is 9.59 Å². The largest absolute Gasteiger partial charge is 0.306 e. The van der Waals surface area contributed by atoms with Crippen molar-refractivity contribution in [1.82, 2.24) is 0 Å². The van der Waals surface area contributed by atoms with Crippen molar-refractivity contribution in [3.05, 3.63) is 29.3 Å². The van der Waals surface area contributed by atoms with Gasteiger partial charge in [0, 0.05) is 18.7 Å². The van der Waals surface area contributed by atoms with E-state index in [9.17, 15) is 9.59 Å². The molecule has 0 saturated carbocycles. The minimum absolute atomic E-state index is 0.271. The number of hydrogen-bond donors (Lipinski definition) is 0. The van der Waals surface area contributed by atoms with Crippen LogP contribution in [0.15, 0.2) is 18.2 Å². The zero-order valence-corrected chi connectivity index (χ0v) is 9.62. The first-order valence-corrected chi connectivity index (χ1v) is 5.52. The Balaban J connectivity index is 2.40. The van der Waals surface area contributed by atoms with Crippen molar-refractivity contribution in [3.8, 4) is 0 Å². The normalized spacial score (nSPS) is 16.8. The van der Waals surface area contributed by atoms with Crippen LogP contribution in [0.2, 0.25) is 0 Å². The number of carbonyl (C=O) groups is 2. The number of hydrogen-bond acceptors (Lipinski definition) is 2. The first kappa shape index (κ1) is 10.9. The third kappa shape index (κ3) is 1.73. The van der Waals surface area contributed by atoms with Gasteiger partial charge in [-0.2, -0.15) is 0 Å². The van der Waals surface area contributed by atoms with E-state index in [0.717, 1.165) is 23.2 Å². The monoisotopic (exact) mass is 217 g/mol. The lowest BCUT2D eigenvalue weighted by Crippen LogP contribution is -2.42. The zero-order chi connectivity index (χ0) is 11.7. The molecule has 0 bridgehead atoms. The molecule has 0 N–H and O–H groups in total. The van der Waals surface area contributed by atoms with Crippen molar-refractivity contribution < 1.29 is 9.59 Å². The van der Waals surface area contributed by atoms with Crippen molar-refractivity contribution in [1.29, 1.82) is 0 Å². The van der Waals surface area contributed by atoms with Gasteiger partial charge in [0.1, 0.15) is 0 Å². The summed E-state index contributed by atoms with van der Waals surface area (Å²) >= 11 is 0. The summed E-state index contributed by atoms with van der Waals surface area (Å²) in [5, 5.41) is 0. The summed E-state index contributed by atoms with van der Waals surface area (Å²) in [5.74, 6) is -0.632. The SMILES string of the molecule is Cc1cccc(N2CCCC(=O)C2=O)c1C. The molecule has 1 fully saturated rings. The van der Waals surface area contributed by atoms with Gasteiger partial charge in [0.2, 0.25) is 5.78 Å². The molecular weight excluding hydrogens is 202 g/mol. The van der Waals surface area contributed by atoms with E-state index in [1.54, 1.807) is 4.90 Å². The molecule has 3 heteroatoms. The Bertz CT molecular complexity index is 451. The molecule has 2 rings (SSSR count). The lowest BCUT2D eigenvalue weighted by Gasteiger charge is -2.27. The van der Waals surface area contributed by atoms with Crippen LogP contribution in [0, 0.1) is 13.8 Å². The van der Waals surface area contributed by atoms with Crippen LogP contribution in [0.1, 0.15) is 24.0 Å². The molecule has 1 heterocycles. The fourth-order valence-corrected chi connectivity index (χ4v) is 2.01. The Morgan fingerprint density at radius 2 is 1.94 bits per heavy atom. The second-order valence-electron chi connectivity index (χ2n) is 4.20. The molecular formula is C13H15NO2. The first-order valence-electron chi connectivity index (χ1n) is 5.52. The molecule has 16 heavy (non-hydrogen) atoms. The Hall–Kier alpha value is -1.64. The van der Waals surface area contributed by atoms with Gasteiger partial charge in [-0.3, -0.25) is 9.59 Å². The minimum atomic E-state index is -0.361. The van der Waals surface area contributed by atoms with Crippen LogP contribution < -0.4 is 4.90 Å². The highest BCUT2D eigenvalue weighted by atomic mass is 16.2. The molecule has 0 atom stereocenters. The predicted octanol–water partition coefficient (Wildman–Crippen LogP) is 2.00. The van der Waals surface area contributed by atoms with Gasteiger partial charge in [0.25, 0.3) is 5.91 Å². The Morgan fingerprint density at radius 1 is 1.19 bits per heavy atom. The number of piperidine rings is 1. The average molecular weight is 217 g/mol. The molecule has 1 aromatic carbocycles. The number of aryl methyl sites for hydroxylation is 1. The second-order valence-corrected chi connectivity index (χ2v) is 4.20. The van der Waals surface area contributed by atoms with Gasteiger partial charge in [0.15, 0.2) is 0 Å². The number of anilines is 1. The third-order valence-electron chi connectivity index (χ3n) is 3.14. The summed E-state index contributed by atoms with van der Waals surface area (Å²) in [4.78, 5) is 24.8. The maximum atomic E-state index is 11.8. The second kappa shape index (κ2) is 4.08. The van der Waals surface area contributed by atoms with Gasteiger partial charge < -0.3 is 4.90 Å². The maximum Gasteiger partial charge on any atom is 0.294 e. The number of Topliss-reactive ketones (excluding diaryl/α,β-unsaturated/α-hetero) is 1. The van der Waals surface area contributed by atoms with E-state index >= 15 is 0 Å². The average Bonchev–Trinajstić information content (AvgIpc) is 2.27. The van der Waals surface area contributed by atoms with Crippen molar-refractivity contribution in [2.24, 2.45) is 0 Å². The number of amides is 1. The van der Waals surface area contributed by atoms with E-state index in [1.165, 1.54) is 0 Å². The molecule has 0 radical (unpaired) electrons. The van der Waals surface area contributed by atoms with Crippen LogP contribution >= 0.6 is 0 Å². The van der Waals surface area contributed by atoms with Crippen molar-refractivity contribution >= 4 is 17.4 Å². The van der Waals surface area contributed by atoms with E-state index in [1.807, 2.05) is 32.0 Å². The molecule has 1 saturated heterocycles. The van der Waals surface area contributed by atoms with E-state index in [4.69, 9.17) is 0 Å². The first-order chi connectivity index (χ1) is 7.61. The predicted molar refractivity (Wildman–Crippen MR) is 62.5 cm³/mol. The number of benzene rings is 1. The number of carbonyl (C=O) groups excluding carboxylic acids is 2. The molecule has 84 valence electrons. The van der Waals surface area contributed by atoms with Crippen LogP contribution in [0.3, 0.4) is 0 Å². The van der Waals surface area contributed by atoms with E-state index in [-0.39, 0.29) is 11.7 Å². The number of rotatable bonds is 1. The smallest absolute Gasteiger partial charge is 0.294 e. The minimum Gasteiger partial charge on any atom is -0.306 e. The standard InChI is InChI=1S/C13H15NO2/c1-9-5-3-6-11(10(9)2)14-8-4-7-12(15)13(14)16/h3,5-6H,4,7-8H2,1-2H3. The molecule has 1 amide bonds. The topological polar surface area (TPSA) is 37.4 Å². The lowest BCUT2D eigenvalue weighted by atomic mass is 10.0. The quantitative estimate of drug-likeness (QED) is 0.675. The van der Waals surface area contributed by atoms with Crippen molar-refractivity contribution in [2.75, 3.05) is 11.4 Å². The van der Waals surface area contributed by atoms with Crippen molar-refractivity contribution in [3.63, 3.8) is 0 Å². The van der Waals surface area contributed by atoms with Gasteiger partial charge in [-0.05, 0) is 37.5 Å². The van der Waals surface area contributed by atoms with Crippen LogP contribution in [0.4, 0.5) is 5.69 Å². The summed E-state index contributed by atoms with van der Waals surface area (Å²) in [5.41, 5.74) is 3.09. The fraction of sp³-hybridized carbons (Fsp3) is 0.385. The van der Waals surface area contributed by atoms with Gasteiger partial charge in [-0.1, -0.05) is 12.1 Å². The van der Waals surface area contributed by atoms with Gasteiger partial charge in [-0.15, -0.1) is 0 Å². The third-order valence-corrected chi connectivity index (χ3v) is 3.14.